The van der Waals surface area contributed by atoms with Crippen molar-refractivity contribution in [2.75, 3.05) is 23.8 Å². The third-order valence-electron chi connectivity index (χ3n) is 2.73. The number of hydrogen-bond acceptors (Lipinski definition) is 7. The van der Waals surface area contributed by atoms with Gasteiger partial charge in [-0.25, -0.2) is 22.0 Å². The van der Waals surface area contributed by atoms with Crippen LogP contribution in [0.2, 0.25) is 5.02 Å². The zero-order valence-electron chi connectivity index (χ0n) is 10.5. The SMILES string of the molecule is NS(=O)(=O)c1cc2c(cc1Cl)NCN(CSCO)S2(=O)=O. The fraction of sp³-hybridized carbons (Fsp3) is 0.333. The van der Waals surface area contributed by atoms with Crippen molar-refractivity contribution >= 4 is 49.1 Å². The smallest absolute Gasteiger partial charge is 0.247 e. The summed E-state index contributed by atoms with van der Waals surface area (Å²) in [4.78, 5) is -0.675. The van der Waals surface area contributed by atoms with Gasteiger partial charge < -0.3 is 10.4 Å². The van der Waals surface area contributed by atoms with Crippen molar-refractivity contribution in [3.05, 3.63) is 17.2 Å². The number of halogens is 1. The molecule has 0 aliphatic carbocycles. The van der Waals surface area contributed by atoms with Crippen molar-refractivity contribution in [1.82, 2.24) is 4.31 Å². The minimum atomic E-state index is -4.14. The predicted molar refractivity (Wildman–Crippen MR) is 79.9 cm³/mol. The molecule has 0 fully saturated rings. The number of nitrogens with two attached hydrogens (primary N) is 1. The summed E-state index contributed by atoms with van der Waals surface area (Å²) < 4.78 is 48.8. The Kier molecular flexibility index (Phi) is 4.73. The molecule has 2 rings (SSSR count). The van der Waals surface area contributed by atoms with Crippen LogP contribution in [0.15, 0.2) is 21.9 Å². The summed E-state index contributed by atoms with van der Waals surface area (Å²) in [5, 5.41) is 16.4. The normalized spacial score (nSPS) is 18.0. The number of anilines is 1. The molecule has 0 amide bonds. The fourth-order valence-corrected chi connectivity index (χ4v) is 5.28. The molecule has 8 nitrogen and oxygen atoms in total. The summed E-state index contributed by atoms with van der Waals surface area (Å²) >= 11 is 6.81. The molecule has 1 aliphatic heterocycles. The van der Waals surface area contributed by atoms with E-state index in [2.05, 4.69) is 5.32 Å². The van der Waals surface area contributed by atoms with Crippen LogP contribution in [0, 0.1) is 0 Å². The van der Waals surface area contributed by atoms with Crippen molar-refractivity contribution < 1.29 is 21.9 Å². The summed E-state index contributed by atoms with van der Waals surface area (Å²) in [5.41, 5.74) is 0.206. The lowest BCUT2D eigenvalue weighted by Crippen LogP contribution is -2.39. The zero-order valence-corrected chi connectivity index (χ0v) is 13.7. The Morgan fingerprint density at radius 2 is 2.14 bits per heavy atom. The van der Waals surface area contributed by atoms with Crippen molar-refractivity contribution in [1.29, 1.82) is 0 Å². The molecule has 21 heavy (non-hydrogen) atoms. The van der Waals surface area contributed by atoms with Crippen LogP contribution in [0.4, 0.5) is 5.69 Å². The number of fused-ring (bicyclic) bond motifs is 1. The molecule has 0 unspecified atom stereocenters. The number of sulfonamides is 2. The molecule has 0 spiro atoms. The monoisotopic (exact) mass is 373 g/mol. The van der Waals surface area contributed by atoms with Gasteiger partial charge in [-0.2, -0.15) is 4.31 Å². The molecule has 1 heterocycles. The molecule has 1 aliphatic rings. The lowest BCUT2D eigenvalue weighted by atomic mass is 10.3. The molecule has 0 bridgehead atoms. The van der Waals surface area contributed by atoms with Crippen molar-refractivity contribution in [3.63, 3.8) is 0 Å². The summed E-state index contributed by atoms with van der Waals surface area (Å²) in [6.45, 7) is -0.00656. The summed E-state index contributed by atoms with van der Waals surface area (Å²) in [6, 6.07) is 2.15. The molecule has 1 aromatic carbocycles. The third-order valence-corrected chi connectivity index (χ3v) is 6.78. The first-order valence-corrected chi connectivity index (χ1v) is 9.99. The van der Waals surface area contributed by atoms with Crippen LogP contribution in [0.25, 0.3) is 0 Å². The molecule has 0 radical (unpaired) electrons. The van der Waals surface area contributed by atoms with Gasteiger partial charge in [0.25, 0.3) is 0 Å². The van der Waals surface area contributed by atoms with Gasteiger partial charge in [-0.15, -0.1) is 11.8 Å². The lowest BCUT2D eigenvalue weighted by molar-refractivity contribution is 0.373. The van der Waals surface area contributed by atoms with E-state index in [0.29, 0.717) is 0 Å². The Balaban J connectivity index is 2.56. The summed E-state index contributed by atoms with van der Waals surface area (Å²) in [6.07, 6.45) is 0. The van der Waals surface area contributed by atoms with E-state index >= 15 is 0 Å². The standard InChI is InChI=1S/C9H12ClN3O5S3/c10-6-1-7-9(2-8(6)20(11,15)16)21(17,18)13(3-12-7)4-19-5-14/h1-2,12,14H,3-5H2,(H2,11,15,16). The molecule has 0 saturated carbocycles. The second kappa shape index (κ2) is 5.91. The Morgan fingerprint density at radius 1 is 1.48 bits per heavy atom. The maximum absolute atomic E-state index is 12.4. The predicted octanol–water partition coefficient (Wildman–Crippen LogP) is 0.00160. The van der Waals surface area contributed by atoms with Gasteiger partial charge in [-0.1, -0.05) is 11.6 Å². The number of thioether (sulfide) groups is 1. The Bertz CT molecular complexity index is 765. The van der Waals surface area contributed by atoms with E-state index in [4.69, 9.17) is 21.8 Å². The van der Waals surface area contributed by atoms with Gasteiger partial charge in [0.05, 0.1) is 29.2 Å². The first kappa shape index (κ1) is 16.8. The van der Waals surface area contributed by atoms with Gasteiger partial charge in [0.1, 0.15) is 9.79 Å². The molecule has 118 valence electrons. The molecule has 12 heteroatoms. The summed E-state index contributed by atoms with van der Waals surface area (Å²) in [5.74, 6) is -0.208. The zero-order chi connectivity index (χ0) is 15.8. The second-order valence-corrected chi connectivity index (χ2v) is 8.85. The topological polar surface area (TPSA) is 130 Å². The molecular formula is C9H12ClN3O5S3. The van der Waals surface area contributed by atoms with Crippen LogP contribution < -0.4 is 10.5 Å². The van der Waals surface area contributed by atoms with Gasteiger partial charge in [0.15, 0.2) is 0 Å². The van der Waals surface area contributed by atoms with Gasteiger partial charge in [0.2, 0.25) is 20.0 Å². The van der Waals surface area contributed by atoms with Crippen LogP contribution in [0.1, 0.15) is 0 Å². The Morgan fingerprint density at radius 3 is 2.71 bits per heavy atom. The molecule has 1 aromatic rings. The van der Waals surface area contributed by atoms with Crippen LogP contribution in [0.5, 0.6) is 0 Å². The highest BCUT2D eigenvalue weighted by Crippen LogP contribution is 2.35. The van der Waals surface area contributed by atoms with Gasteiger partial charge in [-0.05, 0) is 12.1 Å². The van der Waals surface area contributed by atoms with Gasteiger partial charge in [-0.3, -0.25) is 0 Å². The number of rotatable bonds is 4. The highest BCUT2D eigenvalue weighted by atomic mass is 35.5. The maximum Gasteiger partial charge on any atom is 0.247 e. The highest BCUT2D eigenvalue weighted by Gasteiger charge is 2.33. The summed E-state index contributed by atoms with van der Waals surface area (Å²) in [7, 11) is -8.03. The number of aliphatic hydroxyl groups excluding tert-OH is 1. The van der Waals surface area contributed by atoms with Crippen molar-refractivity contribution in [2.45, 2.75) is 9.79 Å². The Hall–Kier alpha value is -0.560. The number of nitrogens with one attached hydrogen (secondary N) is 1. The molecular weight excluding hydrogens is 362 g/mol. The van der Waals surface area contributed by atoms with E-state index in [1.165, 1.54) is 6.07 Å². The van der Waals surface area contributed by atoms with Crippen LogP contribution in [0.3, 0.4) is 0 Å². The van der Waals surface area contributed by atoms with E-state index in [9.17, 15) is 16.8 Å². The molecule has 4 N–H and O–H groups in total. The Labute approximate surface area is 131 Å². The first-order chi connectivity index (χ1) is 9.67. The highest BCUT2D eigenvalue weighted by molar-refractivity contribution is 8.00. The number of hydrogen-bond donors (Lipinski definition) is 3. The first-order valence-electron chi connectivity index (χ1n) is 5.47. The van der Waals surface area contributed by atoms with E-state index in [1.807, 2.05) is 0 Å². The van der Waals surface area contributed by atoms with Crippen molar-refractivity contribution in [2.24, 2.45) is 5.14 Å². The lowest BCUT2D eigenvalue weighted by Gasteiger charge is -2.29. The van der Waals surface area contributed by atoms with E-state index in [1.54, 1.807) is 0 Å². The van der Waals surface area contributed by atoms with E-state index < -0.39 is 24.9 Å². The van der Waals surface area contributed by atoms with E-state index in [0.717, 1.165) is 22.1 Å². The second-order valence-electron chi connectivity index (χ2n) is 4.08. The molecule has 0 atom stereocenters. The van der Waals surface area contributed by atoms with Crippen molar-refractivity contribution in [3.8, 4) is 0 Å². The molecule has 0 saturated heterocycles. The average molecular weight is 374 g/mol. The van der Waals surface area contributed by atoms with Crippen LogP contribution in [-0.2, 0) is 20.0 Å². The fourth-order valence-electron chi connectivity index (χ4n) is 1.76. The van der Waals surface area contributed by atoms with Crippen LogP contribution in [-0.4, -0.2) is 44.7 Å². The minimum Gasteiger partial charge on any atom is -0.386 e. The molecule has 0 aromatic heterocycles. The quantitative estimate of drug-likeness (QED) is 0.633. The van der Waals surface area contributed by atoms with Gasteiger partial charge >= 0.3 is 0 Å². The van der Waals surface area contributed by atoms with Gasteiger partial charge in [0, 0.05) is 0 Å². The number of primary sulfonamides is 1. The number of nitrogens with zero attached hydrogens (tertiary/aromatic N) is 1. The van der Waals surface area contributed by atoms with Crippen LogP contribution >= 0.6 is 23.4 Å². The number of benzene rings is 1. The average Bonchev–Trinajstić information content (AvgIpc) is 2.35. The minimum absolute atomic E-state index is 0.00656. The third kappa shape index (κ3) is 3.28. The maximum atomic E-state index is 12.4. The largest absolute Gasteiger partial charge is 0.386 e. The number of aliphatic hydroxyl groups is 1. The van der Waals surface area contributed by atoms with E-state index in [-0.39, 0.29) is 34.1 Å².